The minimum Gasteiger partial charge on any atom is -0.460 e. The Morgan fingerprint density at radius 3 is 1.41 bits per heavy atom. The van der Waals surface area contributed by atoms with Crippen molar-refractivity contribution in [3.05, 3.63) is 0 Å². The quantitative estimate of drug-likeness (QED) is 0.0998. The third kappa shape index (κ3) is 26.4. The largest absolute Gasteiger partial charge is 0.460 e. The van der Waals surface area contributed by atoms with Crippen LogP contribution in [-0.4, -0.2) is 41.6 Å². The average Bonchev–Trinajstić information content (AvgIpc) is 2.81. The van der Waals surface area contributed by atoms with E-state index in [0.717, 1.165) is 44.9 Å². The molecule has 0 aromatic carbocycles. The van der Waals surface area contributed by atoms with Gasteiger partial charge in [0.25, 0.3) is 0 Å². The summed E-state index contributed by atoms with van der Waals surface area (Å²) in [6.07, 6.45) is 19.7. The van der Waals surface area contributed by atoms with Gasteiger partial charge in [-0.15, -0.1) is 0 Å². The molecule has 3 N–H and O–H groups in total. The van der Waals surface area contributed by atoms with Gasteiger partial charge in [0.2, 0.25) is 5.91 Å². The number of hydrogen-bond acceptors (Lipinski definition) is 6. The zero-order valence-corrected chi connectivity index (χ0v) is 26.3. The summed E-state index contributed by atoms with van der Waals surface area (Å²) >= 11 is 0. The van der Waals surface area contributed by atoms with Crippen molar-refractivity contribution in [1.82, 2.24) is 5.32 Å². The first-order valence-corrected chi connectivity index (χ1v) is 15.8. The highest BCUT2D eigenvalue weighted by molar-refractivity contribution is 5.84. The Labute approximate surface area is 240 Å². The van der Waals surface area contributed by atoms with Gasteiger partial charge < -0.3 is 20.5 Å². The van der Waals surface area contributed by atoms with Crippen LogP contribution in [0, 0.1) is 0 Å². The maximum absolute atomic E-state index is 12.5. The van der Waals surface area contributed by atoms with Crippen LogP contribution < -0.4 is 11.1 Å². The van der Waals surface area contributed by atoms with Crippen LogP contribution >= 0.6 is 0 Å². The lowest BCUT2D eigenvalue weighted by atomic mass is 10.0. The van der Waals surface area contributed by atoms with Crippen molar-refractivity contribution >= 4 is 17.8 Å². The lowest BCUT2D eigenvalue weighted by molar-refractivity contribution is -0.159. The van der Waals surface area contributed by atoms with Crippen molar-refractivity contribution in [3.8, 4) is 0 Å². The van der Waals surface area contributed by atoms with E-state index < -0.39 is 11.6 Å². The number of ether oxygens (including phenoxy) is 2. The van der Waals surface area contributed by atoms with Crippen molar-refractivity contribution in [2.75, 3.05) is 6.54 Å². The molecule has 0 aliphatic heterocycles. The second-order valence-electron chi connectivity index (χ2n) is 13.0. The van der Waals surface area contributed by atoms with Gasteiger partial charge in [-0.1, -0.05) is 77.0 Å². The highest BCUT2D eigenvalue weighted by Crippen LogP contribution is 2.16. The summed E-state index contributed by atoms with van der Waals surface area (Å²) in [5.74, 6) is -0.504. The topological polar surface area (TPSA) is 108 Å². The third-order valence-electron chi connectivity index (χ3n) is 6.43. The van der Waals surface area contributed by atoms with Crippen LogP contribution in [0.1, 0.15) is 164 Å². The number of nitrogens with two attached hydrogens (primary N) is 1. The van der Waals surface area contributed by atoms with Crippen molar-refractivity contribution in [2.45, 2.75) is 181 Å². The standard InChI is InChI=1S/C32H62N2O5/c1-31(2,3)38-29(36)25-20-18-16-14-12-10-8-7-9-11-13-15-17-19-24-28(35)34-27(23-21-22-26-33)30(37)39-32(4,5)6/h27H,7-26,33H2,1-6H3,(H,34,35). The van der Waals surface area contributed by atoms with E-state index in [1.807, 2.05) is 41.5 Å². The minimum absolute atomic E-state index is 0.0679. The van der Waals surface area contributed by atoms with Crippen molar-refractivity contribution in [1.29, 1.82) is 0 Å². The second-order valence-corrected chi connectivity index (χ2v) is 13.0. The number of rotatable bonds is 23. The van der Waals surface area contributed by atoms with Gasteiger partial charge in [0, 0.05) is 12.8 Å². The van der Waals surface area contributed by atoms with Gasteiger partial charge in [0.1, 0.15) is 17.2 Å². The Morgan fingerprint density at radius 2 is 1.00 bits per heavy atom. The third-order valence-corrected chi connectivity index (χ3v) is 6.43. The predicted octanol–water partition coefficient (Wildman–Crippen LogP) is 7.53. The molecule has 1 atom stereocenters. The summed E-state index contributed by atoms with van der Waals surface area (Å²) < 4.78 is 10.8. The molecule has 0 saturated carbocycles. The Morgan fingerprint density at radius 1 is 0.590 bits per heavy atom. The smallest absolute Gasteiger partial charge is 0.329 e. The first-order chi connectivity index (χ1) is 18.3. The van der Waals surface area contributed by atoms with E-state index in [0.29, 0.717) is 25.8 Å². The SMILES string of the molecule is CC(C)(C)OC(=O)CCCCCCCCCCCCCCCCC(=O)NC(CCCCN)C(=O)OC(C)(C)C. The molecule has 0 aromatic rings. The number of unbranched alkanes of at least 4 members (excludes halogenated alkanes) is 14. The maximum atomic E-state index is 12.5. The monoisotopic (exact) mass is 554 g/mol. The molecule has 0 aliphatic rings. The fourth-order valence-corrected chi connectivity index (χ4v) is 4.45. The van der Waals surface area contributed by atoms with Crippen LogP contribution in [0.5, 0.6) is 0 Å². The summed E-state index contributed by atoms with van der Waals surface area (Å²) in [7, 11) is 0. The molecule has 1 amide bonds. The van der Waals surface area contributed by atoms with Gasteiger partial charge >= 0.3 is 11.9 Å². The van der Waals surface area contributed by atoms with Crippen molar-refractivity contribution < 1.29 is 23.9 Å². The fourth-order valence-electron chi connectivity index (χ4n) is 4.45. The maximum Gasteiger partial charge on any atom is 0.329 e. The average molecular weight is 555 g/mol. The molecular weight excluding hydrogens is 492 g/mol. The molecule has 7 nitrogen and oxygen atoms in total. The number of amides is 1. The summed E-state index contributed by atoms with van der Waals surface area (Å²) in [5.41, 5.74) is 4.62. The molecule has 0 radical (unpaired) electrons. The van der Waals surface area contributed by atoms with Crippen molar-refractivity contribution in [3.63, 3.8) is 0 Å². The number of hydrogen-bond donors (Lipinski definition) is 2. The first kappa shape index (κ1) is 37.4. The van der Waals surface area contributed by atoms with Crippen LogP contribution in [-0.2, 0) is 23.9 Å². The van der Waals surface area contributed by atoms with E-state index in [1.54, 1.807) is 0 Å². The Kier molecular flexibility index (Phi) is 21.2. The summed E-state index contributed by atoms with van der Waals surface area (Å²) in [5, 5.41) is 2.89. The van der Waals surface area contributed by atoms with Gasteiger partial charge in [0.15, 0.2) is 0 Å². The zero-order chi connectivity index (χ0) is 29.6. The minimum atomic E-state index is -0.590. The molecule has 0 fully saturated rings. The summed E-state index contributed by atoms with van der Waals surface area (Å²) in [4.78, 5) is 36.6. The van der Waals surface area contributed by atoms with Crippen LogP contribution in [0.25, 0.3) is 0 Å². The molecule has 1 unspecified atom stereocenters. The highest BCUT2D eigenvalue weighted by atomic mass is 16.6. The molecular formula is C32H62N2O5. The molecule has 7 heteroatoms. The fraction of sp³-hybridized carbons (Fsp3) is 0.906. The Bertz CT molecular complexity index is 652. The van der Waals surface area contributed by atoms with Crippen LogP contribution in [0.15, 0.2) is 0 Å². The van der Waals surface area contributed by atoms with Crippen LogP contribution in [0.4, 0.5) is 0 Å². The summed E-state index contributed by atoms with van der Waals surface area (Å²) in [6.45, 7) is 11.8. The van der Waals surface area contributed by atoms with Gasteiger partial charge in [0.05, 0.1) is 0 Å². The Balaban J connectivity index is 3.68. The number of nitrogens with one attached hydrogen (secondary N) is 1. The molecule has 0 heterocycles. The lowest BCUT2D eigenvalue weighted by Crippen LogP contribution is -2.44. The molecule has 0 rings (SSSR count). The molecule has 0 bridgehead atoms. The molecule has 39 heavy (non-hydrogen) atoms. The number of carbonyl (C=O) groups excluding carboxylic acids is 3. The Hall–Kier alpha value is -1.63. The van der Waals surface area contributed by atoms with Gasteiger partial charge in [-0.2, -0.15) is 0 Å². The number of carbonyl (C=O) groups is 3. The second kappa shape index (κ2) is 22.1. The van der Waals surface area contributed by atoms with Gasteiger partial charge in [-0.05, 0) is 80.2 Å². The van der Waals surface area contributed by atoms with E-state index in [2.05, 4.69) is 5.32 Å². The van der Waals surface area contributed by atoms with E-state index in [9.17, 15) is 14.4 Å². The first-order valence-electron chi connectivity index (χ1n) is 15.8. The molecule has 0 spiro atoms. The number of esters is 2. The predicted molar refractivity (Wildman–Crippen MR) is 160 cm³/mol. The van der Waals surface area contributed by atoms with Gasteiger partial charge in [-0.25, -0.2) is 4.79 Å². The van der Waals surface area contributed by atoms with E-state index in [4.69, 9.17) is 15.2 Å². The molecule has 0 aliphatic carbocycles. The van der Waals surface area contributed by atoms with Crippen molar-refractivity contribution in [2.24, 2.45) is 5.73 Å². The molecule has 230 valence electrons. The van der Waals surface area contributed by atoms with E-state index in [1.165, 1.54) is 57.8 Å². The summed E-state index contributed by atoms with van der Waals surface area (Å²) in [6, 6.07) is -0.590. The normalized spacial score (nSPS) is 12.7. The van der Waals surface area contributed by atoms with Crippen LogP contribution in [0.3, 0.4) is 0 Å². The van der Waals surface area contributed by atoms with E-state index >= 15 is 0 Å². The highest BCUT2D eigenvalue weighted by Gasteiger charge is 2.26. The van der Waals surface area contributed by atoms with E-state index in [-0.39, 0.29) is 23.4 Å². The lowest BCUT2D eigenvalue weighted by Gasteiger charge is -2.24. The van der Waals surface area contributed by atoms with Gasteiger partial charge in [-0.3, -0.25) is 9.59 Å². The molecule has 0 aromatic heterocycles. The zero-order valence-electron chi connectivity index (χ0n) is 26.3. The molecule has 0 saturated heterocycles. The van der Waals surface area contributed by atoms with Crippen LogP contribution in [0.2, 0.25) is 0 Å².